The lowest BCUT2D eigenvalue weighted by molar-refractivity contribution is -0.149. The van der Waals surface area contributed by atoms with Crippen LogP contribution in [-0.4, -0.2) is 70.3 Å². The Hall–Kier alpha value is -3.82. The molecule has 6 atom stereocenters. The van der Waals surface area contributed by atoms with E-state index in [1.54, 1.807) is 13.8 Å². The van der Waals surface area contributed by atoms with Crippen LogP contribution in [0, 0.1) is 0 Å². The average Bonchev–Trinajstić information content (AvgIpc) is 3.46. The van der Waals surface area contributed by atoms with Gasteiger partial charge in [-0.2, -0.15) is 5.09 Å². The number of nitrogens with one attached hydrogen (secondary N) is 2. The van der Waals surface area contributed by atoms with E-state index in [1.165, 1.54) is 32.2 Å². The van der Waals surface area contributed by atoms with E-state index < -0.39 is 73.8 Å². The summed E-state index contributed by atoms with van der Waals surface area (Å²) in [5.41, 5.74) is -4.21. The van der Waals surface area contributed by atoms with Crippen LogP contribution in [0.1, 0.15) is 44.3 Å². The maximum atomic E-state index is 15.7. The zero-order valence-corrected chi connectivity index (χ0v) is 24.7. The average molecular weight is 628 g/mol. The molecule has 3 N–H and O–H groups in total. The van der Waals surface area contributed by atoms with Crippen LogP contribution in [0.3, 0.4) is 0 Å². The van der Waals surface area contributed by atoms with Gasteiger partial charge in [0, 0.05) is 17.6 Å². The molecule has 234 valence electrons. The third kappa shape index (κ3) is 6.73. The number of para-hydroxylation sites is 1. The molecule has 1 fully saturated rings. The molecule has 0 aliphatic carbocycles. The molecule has 17 heteroatoms. The third-order valence-electron chi connectivity index (χ3n) is 6.47. The SMILES string of the molecule is COC(=O)c1coc2c(OP(=O)(N[C@@H](C)C(=O)OC(C)C)OC[C@H]3O[C@@H](n4ccc(=O)[nH]c4=O)[C@](C)(F)[C@@H]3O)cccc12. The van der Waals surface area contributed by atoms with Crippen molar-refractivity contribution in [1.29, 1.82) is 0 Å². The molecular formula is C26H31FN3O12P. The Morgan fingerprint density at radius 3 is 2.63 bits per heavy atom. The Bertz CT molecular complexity index is 1660. The molecule has 3 heterocycles. The lowest BCUT2D eigenvalue weighted by atomic mass is 9.98. The van der Waals surface area contributed by atoms with Crippen LogP contribution in [0.2, 0.25) is 0 Å². The molecule has 0 amide bonds. The second-order valence-corrected chi connectivity index (χ2v) is 11.8. The number of aromatic amines is 1. The molecule has 1 saturated heterocycles. The minimum Gasteiger partial charge on any atom is -0.465 e. The van der Waals surface area contributed by atoms with E-state index in [0.717, 1.165) is 30.0 Å². The maximum Gasteiger partial charge on any atom is 0.459 e. The van der Waals surface area contributed by atoms with Crippen molar-refractivity contribution in [2.75, 3.05) is 13.7 Å². The maximum absolute atomic E-state index is 15.7. The fourth-order valence-electron chi connectivity index (χ4n) is 4.35. The molecule has 0 bridgehead atoms. The summed E-state index contributed by atoms with van der Waals surface area (Å²) < 4.78 is 62.7. The van der Waals surface area contributed by atoms with Crippen LogP contribution in [0.15, 0.2) is 50.7 Å². The van der Waals surface area contributed by atoms with Crippen LogP contribution in [-0.2, 0) is 28.1 Å². The van der Waals surface area contributed by atoms with E-state index in [1.807, 2.05) is 4.98 Å². The van der Waals surface area contributed by atoms with E-state index in [0.29, 0.717) is 0 Å². The van der Waals surface area contributed by atoms with Gasteiger partial charge in [0.2, 0.25) is 0 Å². The van der Waals surface area contributed by atoms with Crippen molar-refractivity contribution in [2.24, 2.45) is 0 Å². The lowest BCUT2D eigenvalue weighted by Gasteiger charge is -2.25. The number of hydrogen-bond donors (Lipinski definition) is 3. The van der Waals surface area contributed by atoms with Crippen molar-refractivity contribution in [1.82, 2.24) is 14.6 Å². The van der Waals surface area contributed by atoms with Gasteiger partial charge in [-0.25, -0.2) is 18.5 Å². The van der Waals surface area contributed by atoms with E-state index in [4.69, 9.17) is 27.7 Å². The second-order valence-electron chi connectivity index (χ2n) is 10.1. The van der Waals surface area contributed by atoms with Crippen LogP contribution in [0.4, 0.5) is 4.39 Å². The van der Waals surface area contributed by atoms with Crippen molar-refractivity contribution in [3.05, 3.63) is 63.1 Å². The minimum absolute atomic E-state index is 0.00284. The van der Waals surface area contributed by atoms with Crippen LogP contribution in [0.5, 0.6) is 5.75 Å². The van der Waals surface area contributed by atoms with Crippen LogP contribution < -0.4 is 20.9 Å². The van der Waals surface area contributed by atoms with Gasteiger partial charge in [0.1, 0.15) is 30.1 Å². The number of nitrogens with zero attached hydrogens (tertiary/aromatic N) is 1. The van der Waals surface area contributed by atoms with Gasteiger partial charge in [0.25, 0.3) is 5.56 Å². The van der Waals surface area contributed by atoms with Gasteiger partial charge in [-0.1, -0.05) is 6.07 Å². The Morgan fingerprint density at radius 2 is 1.98 bits per heavy atom. The number of carbonyl (C=O) groups is 2. The number of fused-ring (bicyclic) bond motifs is 1. The number of benzene rings is 1. The van der Waals surface area contributed by atoms with Crippen molar-refractivity contribution < 1.29 is 51.3 Å². The highest BCUT2D eigenvalue weighted by molar-refractivity contribution is 7.52. The number of aromatic nitrogens is 2. The summed E-state index contributed by atoms with van der Waals surface area (Å²) in [7, 11) is -3.42. The zero-order valence-electron chi connectivity index (χ0n) is 23.8. The fourth-order valence-corrected chi connectivity index (χ4v) is 5.85. The number of methoxy groups -OCH3 is 1. The summed E-state index contributed by atoms with van der Waals surface area (Å²) in [6, 6.07) is 4.10. The summed E-state index contributed by atoms with van der Waals surface area (Å²) in [5, 5.41) is 13.4. The first kappa shape index (κ1) is 32.1. The quantitative estimate of drug-likeness (QED) is 0.207. The number of esters is 2. The Labute approximate surface area is 243 Å². The highest BCUT2D eigenvalue weighted by Gasteiger charge is 2.56. The van der Waals surface area contributed by atoms with E-state index in [-0.39, 0.29) is 22.3 Å². The van der Waals surface area contributed by atoms with Crippen molar-refractivity contribution in [3.63, 3.8) is 0 Å². The molecule has 3 aromatic rings. The number of hydrogen-bond acceptors (Lipinski definition) is 12. The molecule has 2 aromatic heterocycles. The molecule has 1 unspecified atom stereocenters. The summed E-state index contributed by atoms with van der Waals surface area (Å²) >= 11 is 0. The Morgan fingerprint density at radius 1 is 1.26 bits per heavy atom. The molecule has 0 spiro atoms. The van der Waals surface area contributed by atoms with E-state index in [2.05, 4.69) is 5.09 Å². The topological polar surface area (TPSA) is 198 Å². The van der Waals surface area contributed by atoms with E-state index in [9.17, 15) is 28.8 Å². The monoisotopic (exact) mass is 627 g/mol. The van der Waals surface area contributed by atoms with Gasteiger partial charge in [-0.05, 0) is 39.8 Å². The second kappa shape index (κ2) is 12.4. The predicted molar refractivity (Wildman–Crippen MR) is 146 cm³/mol. The van der Waals surface area contributed by atoms with Gasteiger partial charge in [0.15, 0.2) is 23.2 Å². The standard InChI is InChI=1S/C26H31FN3O12P/c1-13(2)40-22(33)14(3)29-43(36,42-17-8-6-7-15-16(23(34)37-5)11-38-20(15)17)39-12-18-21(32)26(4,27)24(41-18)30-10-9-19(31)28-25(30)35/h6-11,13-14,18,21,24,32H,12H2,1-5H3,(H,29,36)(H,28,31,35)/t14-,18+,21+,24+,26+,43?/m0/s1. The number of aliphatic hydroxyl groups is 1. The van der Waals surface area contributed by atoms with Crippen LogP contribution >= 0.6 is 7.75 Å². The smallest absolute Gasteiger partial charge is 0.459 e. The highest BCUT2D eigenvalue weighted by atomic mass is 31.2. The molecule has 1 aromatic carbocycles. The Balaban J connectivity index is 1.63. The van der Waals surface area contributed by atoms with Gasteiger partial charge in [-0.3, -0.25) is 23.7 Å². The zero-order chi connectivity index (χ0) is 31.7. The number of ether oxygens (including phenoxy) is 3. The number of carbonyl (C=O) groups excluding carboxylic acids is 2. The number of rotatable bonds is 11. The molecule has 1 aliphatic rings. The lowest BCUT2D eigenvalue weighted by Crippen LogP contribution is -2.43. The first-order valence-corrected chi connectivity index (χ1v) is 14.6. The predicted octanol–water partition coefficient (Wildman–Crippen LogP) is 2.19. The van der Waals surface area contributed by atoms with Gasteiger partial charge < -0.3 is 28.3 Å². The van der Waals surface area contributed by atoms with Crippen molar-refractivity contribution in [3.8, 4) is 5.75 Å². The van der Waals surface area contributed by atoms with Crippen molar-refractivity contribution in [2.45, 2.75) is 63.9 Å². The molecule has 1 aliphatic heterocycles. The molecule has 0 saturated carbocycles. The molecule has 15 nitrogen and oxygen atoms in total. The number of aliphatic hydroxyl groups excluding tert-OH is 1. The molecular weight excluding hydrogens is 596 g/mol. The van der Waals surface area contributed by atoms with Gasteiger partial charge in [-0.15, -0.1) is 0 Å². The summed E-state index contributed by atoms with van der Waals surface area (Å²) in [5.74, 6) is -1.65. The van der Waals surface area contributed by atoms with E-state index >= 15 is 4.39 Å². The first-order valence-electron chi connectivity index (χ1n) is 13.0. The number of H-pyrrole nitrogens is 1. The molecule has 0 radical (unpaired) electrons. The number of halogens is 1. The molecule has 4 rings (SSSR count). The summed E-state index contributed by atoms with van der Waals surface area (Å²) in [6.45, 7) is 4.79. The molecule has 43 heavy (non-hydrogen) atoms. The van der Waals surface area contributed by atoms with Gasteiger partial charge in [0.05, 0.1) is 19.8 Å². The fraction of sp³-hybridized carbons (Fsp3) is 0.462. The van der Waals surface area contributed by atoms with Crippen LogP contribution in [0.25, 0.3) is 11.0 Å². The van der Waals surface area contributed by atoms with Gasteiger partial charge >= 0.3 is 25.4 Å². The third-order valence-corrected chi connectivity index (χ3v) is 8.10. The summed E-state index contributed by atoms with van der Waals surface area (Å²) in [6.07, 6.45) is -3.46. The van der Waals surface area contributed by atoms with Crippen molar-refractivity contribution >= 4 is 30.7 Å². The summed E-state index contributed by atoms with van der Waals surface area (Å²) in [4.78, 5) is 50.3. The minimum atomic E-state index is -4.61. The largest absolute Gasteiger partial charge is 0.465 e. The Kier molecular flexibility index (Phi) is 9.27. The normalized spacial score (nSPS) is 24.0. The number of alkyl halides is 1. The number of furan rings is 1. The highest BCUT2D eigenvalue weighted by Crippen LogP contribution is 2.49. The first-order chi connectivity index (χ1) is 20.2.